The zero-order valence-corrected chi connectivity index (χ0v) is 25.1. The number of benzene rings is 3. The van der Waals surface area contributed by atoms with Crippen molar-refractivity contribution < 1.29 is 38.4 Å². The third kappa shape index (κ3) is 11.5. The molecular weight excluding hydrogens is 548 g/mol. The monoisotopic (exact) mass is 590 g/mol. The van der Waals surface area contributed by atoms with Crippen LogP contribution < -0.4 is 18.9 Å². The molecule has 0 aliphatic rings. The van der Waals surface area contributed by atoms with Gasteiger partial charge in [-0.15, -0.1) is 0 Å². The van der Waals surface area contributed by atoms with Crippen LogP contribution in [0, 0.1) is 0 Å². The third-order valence-electron chi connectivity index (χ3n) is 6.81. The molecule has 0 amide bonds. The molecule has 3 rings (SSSR count). The Labute approximate surface area is 253 Å². The number of carbonyl (C=O) groups is 3. The Morgan fingerprint density at radius 2 is 1.00 bits per heavy atom. The van der Waals surface area contributed by atoms with Crippen molar-refractivity contribution in [1.82, 2.24) is 0 Å². The summed E-state index contributed by atoms with van der Waals surface area (Å²) >= 11 is 0. The van der Waals surface area contributed by atoms with Gasteiger partial charge in [-0.25, -0.2) is 14.4 Å². The molecule has 8 nitrogen and oxygen atoms in total. The van der Waals surface area contributed by atoms with Crippen LogP contribution in [-0.2, 0) is 0 Å². The summed E-state index contributed by atoms with van der Waals surface area (Å²) in [5, 5.41) is 9.71. The van der Waals surface area contributed by atoms with Gasteiger partial charge in [-0.05, 0) is 79.6 Å². The molecule has 0 spiro atoms. The predicted octanol–water partition coefficient (Wildman–Crippen LogP) is 8.52. The van der Waals surface area contributed by atoms with Crippen LogP contribution in [0.5, 0.6) is 23.0 Å². The van der Waals surface area contributed by atoms with E-state index >= 15 is 0 Å². The summed E-state index contributed by atoms with van der Waals surface area (Å²) in [6, 6.07) is 16.9. The average molecular weight is 591 g/mol. The largest absolute Gasteiger partial charge is 0.494 e. The molecule has 1 N–H and O–H groups in total. The molecule has 0 heterocycles. The number of hydrogen-bond donors (Lipinski definition) is 1. The van der Waals surface area contributed by atoms with Crippen LogP contribution in [0.2, 0.25) is 0 Å². The van der Waals surface area contributed by atoms with E-state index in [0.29, 0.717) is 24.7 Å². The number of carboxylic acids is 1. The highest BCUT2D eigenvalue weighted by Crippen LogP contribution is 2.27. The smallest absolute Gasteiger partial charge is 0.343 e. The van der Waals surface area contributed by atoms with Crippen molar-refractivity contribution in [2.75, 3.05) is 13.2 Å². The van der Waals surface area contributed by atoms with Gasteiger partial charge in [0, 0.05) is 0 Å². The summed E-state index contributed by atoms with van der Waals surface area (Å²) in [4.78, 5) is 37.3. The van der Waals surface area contributed by atoms with Crippen molar-refractivity contribution in [2.24, 2.45) is 0 Å². The minimum atomic E-state index is -1.33. The summed E-state index contributed by atoms with van der Waals surface area (Å²) in [7, 11) is 0. The molecule has 0 unspecified atom stereocenters. The normalized spacial score (nSPS) is 10.7. The Bertz CT molecular complexity index is 1300. The van der Waals surface area contributed by atoms with Crippen molar-refractivity contribution in [3.8, 4) is 23.0 Å². The minimum Gasteiger partial charge on any atom is -0.494 e. The maximum absolute atomic E-state index is 12.7. The number of rotatable bonds is 19. The summed E-state index contributed by atoms with van der Waals surface area (Å²) in [5.74, 6) is -1.57. The van der Waals surface area contributed by atoms with Gasteiger partial charge in [-0.3, -0.25) is 0 Å². The SMILES string of the molecule is CCCCCCCOc1ccc(C(=O)Oc2ccc(OC(=O)c3ccc(OCCCCCCC)cc3)c(C(=O)O)c2)cc1. The van der Waals surface area contributed by atoms with Gasteiger partial charge >= 0.3 is 17.9 Å². The van der Waals surface area contributed by atoms with Crippen molar-refractivity contribution in [3.63, 3.8) is 0 Å². The standard InChI is InChI=1S/C35H42O8/c1-3-5-7-9-11-23-40-28-17-13-26(14-18-28)34(38)42-30-21-22-32(31(25-30)33(36)37)43-35(39)27-15-19-29(20-16-27)41-24-12-10-8-6-4-2/h13-22,25H,3-12,23-24H2,1-2H3,(H,36,37). The second-order valence-corrected chi connectivity index (χ2v) is 10.3. The molecule has 3 aromatic rings. The molecule has 0 atom stereocenters. The first-order valence-corrected chi connectivity index (χ1v) is 15.2. The highest BCUT2D eigenvalue weighted by Gasteiger charge is 2.19. The van der Waals surface area contributed by atoms with E-state index in [1.807, 2.05) is 0 Å². The fraction of sp³-hybridized carbons (Fsp3) is 0.400. The number of unbranched alkanes of at least 4 members (excludes halogenated alkanes) is 8. The van der Waals surface area contributed by atoms with Crippen molar-refractivity contribution >= 4 is 17.9 Å². The Morgan fingerprint density at radius 1 is 0.558 bits per heavy atom. The molecule has 0 bridgehead atoms. The summed E-state index contributed by atoms with van der Waals surface area (Å²) in [6.07, 6.45) is 11.4. The van der Waals surface area contributed by atoms with Gasteiger partial charge in [-0.2, -0.15) is 0 Å². The van der Waals surface area contributed by atoms with Crippen LogP contribution in [0.1, 0.15) is 109 Å². The zero-order chi connectivity index (χ0) is 30.9. The fourth-order valence-corrected chi connectivity index (χ4v) is 4.32. The van der Waals surface area contributed by atoms with Crippen LogP contribution in [-0.4, -0.2) is 36.2 Å². The van der Waals surface area contributed by atoms with Crippen LogP contribution >= 0.6 is 0 Å². The molecule has 0 saturated heterocycles. The second kappa shape index (κ2) is 18.3. The highest BCUT2D eigenvalue weighted by molar-refractivity contribution is 5.96. The minimum absolute atomic E-state index is 0.00537. The molecule has 8 heteroatoms. The van der Waals surface area contributed by atoms with Crippen LogP contribution in [0.25, 0.3) is 0 Å². The van der Waals surface area contributed by atoms with Gasteiger partial charge in [0.15, 0.2) is 0 Å². The topological polar surface area (TPSA) is 108 Å². The molecule has 0 aliphatic heterocycles. The van der Waals surface area contributed by atoms with E-state index in [4.69, 9.17) is 18.9 Å². The van der Waals surface area contributed by atoms with Crippen LogP contribution in [0.3, 0.4) is 0 Å². The first kappa shape index (κ1) is 33.2. The van der Waals surface area contributed by atoms with Gasteiger partial charge in [-0.1, -0.05) is 65.2 Å². The number of esters is 2. The number of ether oxygens (including phenoxy) is 4. The zero-order valence-electron chi connectivity index (χ0n) is 25.1. The molecule has 0 radical (unpaired) electrons. The number of carboxylic acid groups (broad SMARTS) is 1. The van der Waals surface area contributed by atoms with E-state index in [0.717, 1.165) is 31.7 Å². The summed E-state index contributed by atoms with van der Waals surface area (Å²) < 4.78 is 22.2. The lowest BCUT2D eigenvalue weighted by Crippen LogP contribution is -2.13. The molecular formula is C35H42O8. The molecule has 43 heavy (non-hydrogen) atoms. The summed E-state index contributed by atoms with van der Waals surface area (Å²) in [6.45, 7) is 5.56. The molecule has 0 aromatic heterocycles. The van der Waals surface area contributed by atoms with Gasteiger partial charge in [0.05, 0.1) is 24.3 Å². The Kier molecular flexibility index (Phi) is 14.1. The van der Waals surface area contributed by atoms with Crippen LogP contribution in [0.15, 0.2) is 66.7 Å². The summed E-state index contributed by atoms with van der Waals surface area (Å²) in [5.41, 5.74) is 0.210. The first-order chi connectivity index (χ1) is 20.9. The number of carbonyl (C=O) groups excluding carboxylic acids is 2. The second-order valence-electron chi connectivity index (χ2n) is 10.3. The fourth-order valence-electron chi connectivity index (χ4n) is 4.32. The number of aromatic carboxylic acids is 1. The van der Waals surface area contributed by atoms with E-state index in [1.165, 1.54) is 50.7 Å². The van der Waals surface area contributed by atoms with E-state index in [-0.39, 0.29) is 28.2 Å². The third-order valence-corrected chi connectivity index (χ3v) is 6.81. The van der Waals surface area contributed by atoms with Gasteiger partial charge in [0.2, 0.25) is 0 Å². The Hall–Kier alpha value is -4.33. The molecule has 0 saturated carbocycles. The van der Waals surface area contributed by atoms with E-state index < -0.39 is 17.9 Å². The maximum Gasteiger partial charge on any atom is 0.343 e. The van der Waals surface area contributed by atoms with Crippen molar-refractivity contribution in [1.29, 1.82) is 0 Å². The van der Waals surface area contributed by atoms with E-state index in [2.05, 4.69) is 13.8 Å². The Morgan fingerprint density at radius 3 is 1.47 bits per heavy atom. The van der Waals surface area contributed by atoms with Crippen molar-refractivity contribution in [3.05, 3.63) is 83.4 Å². The van der Waals surface area contributed by atoms with Gasteiger partial charge in [0.25, 0.3) is 0 Å². The predicted molar refractivity (Wildman–Crippen MR) is 165 cm³/mol. The molecule has 0 fully saturated rings. The van der Waals surface area contributed by atoms with E-state index in [9.17, 15) is 19.5 Å². The molecule has 0 aliphatic carbocycles. The van der Waals surface area contributed by atoms with Crippen LogP contribution in [0.4, 0.5) is 0 Å². The average Bonchev–Trinajstić information content (AvgIpc) is 3.01. The lowest BCUT2D eigenvalue weighted by atomic mass is 10.1. The lowest BCUT2D eigenvalue weighted by Gasteiger charge is -2.11. The highest BCUT2D eigenvalue weighted by atomic mass is 16.5. The molecule has 3 aromatic carbocycles. The lowest BCUT2D eigenvalue weighted by molar-refractivity contribution is 0.0670. The first-order valence-electron chi connectivity index (χ1n) is 15.2. The van der Waals surface area contributed by atoms with Crippen molar-refractivity contribution in [2.45, 2.75) is 78.1 Å². The molecule has 230 valence electrons. The van der Waals surface area contributed by atoms with E-state index in [1.54, 1.807) is 48.5 Å². The maximum atomic E-state index is 12.7. The quantitative estimate of drug-likeness (QED) is 0.0841. The van der Waals surface area contributed by atoms with Gasteiger partial charge < -0.3 is 24.1 Å². The number of hydrogen-bond acceptors (Lipinski definition) is 7. The Balaban J connectivity index is 1.53. The van der Waals surface area contributed by atoms with Gasteiger partial charge in [0.1, 0.15) is 28.6 Å².